The van der Waals surface area contributed by atoms with Gasteiger partial charge in [0.25, 0.3) is 0 Å². The SMILES string of the molecule is [2H]c1c([2H])c(-c2c([2H])c([2H])c3c(oc4c([2H])c([2H])c5c([2H])c([2H])c([2H])c([2H])c5c43)c2[2H])c([2H])c(-c2c3c([2H])c([2H])c([2H])c([2H])c3c(-c3c([2H])c([2H])c4c([2H])c([2H])c([2H])c([2H])c4c3[2H])c3c([2H])c([2H])c([2H])c([2H])c23)c1[2H].[2H]c1c([2H])c(-c2cc([2H])c3c(oc4c([2H])c([2H])c5c([2H])c([2H])c([2H])c([2H])c5c43)c2[2H])c([2H])c(-c2c3c([2H])c([2H])c([2H])c([2H])c3c(-c3c([2H])c([2H])c([2H])c4c([2H])c([2H])c([2H])c([2H])c34)c3c([2H])c([2H])c([2H])c([2H])c23)c1[2H].[2H]c1c([2H])c([2H])c2c([2H])c(-c3c4c([2H])c([2H])c([2H])c([2H])c4c(-c4cccc(-c5ccc6c(c5)oc5ccc7ccccc7c56)c4)c4c([2H])c([2H])c([2H])c([2H])c34)c([2H])c([2H])c2c1[2H]. The average molecular weight is 1860 g/mol. The molecule has 0 unspecified atom stereocenters. The molecule has 0 spiro atoms. The Kier molecular flexibility index (Phi) is 8.83. The van der Waals surface area contributed by atoms with E-state index in [4.69, 9.17) is 70.8 Å². The van der Waals surface area contributed by atoms with Crippen molar-refractivity contribution < 1.29 is 109 Å². The Morgan fingerprint density at radius 2 is 0.489 bits per heavy atom. The molecular weight excluding hydrogens is 1710 g/mol. The minimum atomic E-state index is -1.09. The van der Waals surface area contributed by atoms with E-state index in [2.05, 4.69) is 0 Å². The van der Waals surface area contributed by atoms with Gasteiger partial charge in [0.1, 0.15) is 33.5 Å². The maximum atomic E-state index is 9.86. The van der Waals surface area contributed by atoms with Crippen LogP contribution in [0.5, 0.6) is 0 Å². The number of benzene rings is 27. The van der Waals surface area contributed by atoms with E-state index in [1.165, 1.54) is 0 Å². The Balaban J connectivity index is 0.000000140. The maximum absolute atomic E-state index is 9.86. The molecular formula is C138H84O3. The summed E-state index contributed by atoms with van der Waals surface area (Å²) in [5, 5.41) is -9.02. The third-order valence-electron chi connectivity index (χ3n) is 24.3. The lowest BCUT2D eigenvalue weighted by Crippen LogP contribution is -1.92. The van der Waals surface area contributed by atoms with Gasteiger partial charge in [0.2, 0.25) is 0 Å². The Morgan fingerprint density at radius 3 is 1.01 bits per heavy atom. The summed E-state index contributed by atoms with van der Waals surface area (Å²) in [6.07, 6.45) is 0. The van der Waals surface area contributed by atoms with Gasteiger partial charge in [-0.25, -0.2) is 0 Å². The number of hydrogen-bond acceptors (Lipinski definition) is 3. The van der Waals surface area contributed by atoms with Crippen LogP contribution in [0.1, 0.15) is 96.0 Å². The van der Waals surface area contributed by atoms with Crippen molar-refractivity contribution in [2.75, 3.05) is 0 Å². The molecule has 3 heteroatoms. The summed E-state index contributed by atoms with van der Waals surface area (Å²) in [6, 6.07) is -33.4. The molecule has 0 aliphatic rings. The van der Waals surface area contributed by atoms with Crippen molar-refractivity contribution in [3.8, 4) is 100 Å². The van der Waals surface area contributed by atoms with Crippen LogP contribution in [0.2, 0.25) is 0 Å². The highest BCUT2D eigenvalue weighted by Crippen LogP contribution is 2.52. The Morgan fingerprint density at radius 1 is 0.135 bits per heavy atom. The van der Waals surface area contributed by atoms with Crippen molar-refractivity contribution in [2.24, 2.45) is 0 Å². The lowest BCUT2D eigenvalue weighted by atomic mass is 9.84. The fourth-order valence-electron chi connectivity index (χ4n) is 18.2. The van der Waals surface area contributed by atoms with E-state index in [0.29, 0.717) is 22.3 Å². The molecule has 0 amide bonds. The van der Waals surface area contributed by atoms with Crippen molar-refractivity contribution in [1.82, 2.24) is 0 Å². The predicted octanol–water partition coefficient (Wildman–Crippen LogP) is 39.6. The standard InChI is InChI=1S/3C46H28O/c1-3-16-34-29(11-1)13-10-22-36(34)45-39-20-7-5-18-37(39)44(38-19-6-8-21-40(38)45)33-15-9-14-31(27-33)32-23-25-41-43(28-32)47-42-26-24-30-12-2-4-17-35(30)46(41)42;2*1-2-12-31-26-35(21-20-29(31)10-1)45-39-18-7-5-16-37(39)44(38-17-6-8-19-40(38)45)34-14-9-13-32(27-34)33-22-24-41-43(28-33)47-42-25-23-30-11-3-4-15-36(30)46(41)42/h3*1-28H/i1D,2D,3D,4D,5D,6D,7D,8D,9D,10D,11D,12D,13D,14D,15D,16D,17D,18D,19D,20D,21D,22D,24D,25D,26D,27D,28D;1D,2D,3D,4D,5D,6D,7D,8D,9D,10D,11D,12D,13D,14D,15D,16D,17D,18D,19D,20D,21D,22D,23D,24D,25D,26D,27D,28D;1D,2D,5D,6D,7D,8D,10D,12D,16D,17D,18D,19D,20D,21D,26D. The minimum Gasteiger partial charge on any atom is -0.456 e. The van der Waals surface area contributed by atoms with Crippen LogP contribution in [0.25, 0.3) is 295 Å². The zero-order valence-corrected chi connectivity index (χ0v) is 71.3. The first-order chi connectivity index (χ1) is 99.1. The van der Waals surface area contributed by atoms with Gasteiger partial charge in [-0.05, 0) is 314 Å². The number of furan rings is 3. The predicted molar refractivity (Wildman–Crippen MR) is 600 cm³/mol. The molecule has 0 aliphatic heterocycles. The van der Waals surface area contributed by atoms with Crippen molar-refractivity contribution in [1.29, 1.82) is 0 Å². The quantitative estimate of drug-likeness (QED) is 0.135. The minimum absolute atomic E-state index is 0.0303. The summed E-state index contributed by atoms with van der Waals surface area (Å²) in [5.41, 5.74) is -9.02. The van der Waals surface area contributed by atoms with E-state index in [1.807, 2.05) is 60.7 Å². The first-order valence-electron chi connectivity index (χ1n) is 77.8. The van der Waals surface area contributed by atoms with Crippen LogP contribution < -0.4 is 0 Å². The molecule has 3 nitrogen and oxygen atoms in total. The maximum Gasteiger partial charge on any atom is 0.136 e. The van der Waals surface area contributed by atoms with Crippen molar-refractivity contribution in [3.63, 3.8) is 0 Å². The largest absolute Gasteiger partial charge is 0.456 e. The van der Waals surface area contributed by atoms with Crippen LogP contribution in [0.15, 0.2) is 521 Å². The molecule has 30 rings (SSSR count). The zero-order valence-electron chi connectivity index (χ0n) is 141. The smallest absolute Gasteiger partial charge is 0.136 e. The van der Waals surface area contributed by atoms with Crippen LogP contribution in [0.3, 0.4) is 0 Å². The van der Waals surface area contributed by atoms with Gasteiger partial charge in [-0.15, -0.1) is 0 Å². The van der Waals surface area contributed by atoms with E-state index in [-0.39, 0.29) is 65.0 Å². The second-order valence-electron chi connectivity index (χ2n) is 31.9. The molecule has 27 aromatic carbocycles. The van der Waals surface area contributed by atoms with Crippen molar-refractivity contribution in [3.05, 3.63) is 508 Å². The summed E-state index contributed by atoms with van der Waals surface area (Å²) in [7, 11) is 0. The van der Waals surface area contributed by atoms with E-state index in [1.54, 1.807) is 18.2 Å². The van der Waals surface area contributed by atoms with Crippen LogP contribution in [0, 0.1) is 0 Å². The van der Waals surface area contributed by atoms with E-state index in [9.17, 15) is 38.4 Å². The Hall–Kier alpha value is -18.5. The monoisotopic (exact) mass is 1860 g/mol. The van der Waals surface area contributed by atoms with E-state index < -0.39 is 604 Å². The second-order valence-corrected chi connectivity index (χ2v) is 31.9. The highest BCUT2D eigenvalue weighted by atomic mass is 16.3. The molecule has 141 heavy (non-hydrogen) atoms. The lowest BCUT2D eigenvalue weighted by molar-refractivity contribution is 0.669. The van der Waals surface area contributed by atoms with E-state index in [0.717, 1.165) is 33.2 Å². The summed E-state index contributed by atoms with van der Waals surface area (Å²) in [6.45, 7) is 0. The Bertz CT molecular complexity index is 14800. The van der Waals surface area contributed by atoms with Crippen LogP contribution in [-0.4, -0.2) is 0 Å². The van der Waals surface area contributed by atoms with Gasteiger partial charge in [0, 0.05) is 32.3 Å². The highest BCUT2D eigenvalue weighted by Gasteiger charge is 2.25. The summed E-state index contributed by atoms with van der Waals surface area (Å²) in [4.78, 5) is 0. The molecule has 0 radical (unpaired) electrons. The van der Waals surface area contributed by atoms with Gasteiger partial charge in [0.05, 0.1) is 96.0 Å². The third kappa shape index (κ3) is 13.6. The second kappa shape index (κ2) is 33.2. The van der Waals surface area contributed by atoms with Gasteiger partial charge in [-0.1, -0.05) is 423 Å². The van der Waals surface area contributed by atoms with Crippen LogP contribution in [0.4, 0.5) is 0 Å². The third-order valence-corrected chi connectivity index (χ3v) is 24.3. The van der Waals surface area contributed by atoms with Crippen molar-refractivity contribution >= 4 is 195 Å². The van der Waals surface area contributed by atoms with Gasteiger partial charge in [0.15, 0.2) is 0 Å². The lowest BCUT2D eigenvalue weighted by Gasteiger charge is -2.19. The molecule has 0 N–H and O–H groups in total. The van der Waals surface area contributed by atoms with Crippen LogP contribution >= 0.6 is 0 Å². The fraction of sp³-hybridized carbons (Fsp3) is 0. The van der Waals surface area contributed by atoms with E-state index >= 15 is 0 Å². The van der Waals surface area contributed by atoms with Gasteiger partial charge >= 0.3 is 0 Å². The first kappa shape index (κ1) is 37.5. The van der Waals surface area contributed by atoms with Crippen molar-refractivity contribution in [2.45, 2.75) is 0 Å². The van der Waals surface area contributed by atoms with Gasteiger partial charge < -0.3 is 13.3 Å². The molecule has 0 saturated heterocycles. The first-order valence-corrected chi connectivity index (χ1v) is 42.8. The van der Waals surface area contributed by atoms with Gasteiger partial charge in [-0.3, -0.25) is 0 Å². The molecule has 3 aromatic heterocycles. The zero-order chi connectivity index (χ0) is 154. The van der Waals surface area contributed by atoms with Gasteiger partial charge in [-0.2, -0.15) is 0 Å². The molecule has 0 aliphatic carbocycles. The number of rotatable bonds is 9. The molecule has 0 atom stereocenters. The fourth-order valence-corrected chi connectivity index (χ4v) is 18.2. The summed E-state index contributed by atoms with van der Waals surface area (Å²) >= 11 is 0. The highest BCUT2D eigenvalue weighted by molar-refractivity contribution is 6.28. The summed E-state index contributed by atoms with van der Waals surface area (Å²) < 4.78 is 647. The molecule has 654 valence electrons. The molecule has 0 saturated carbocycles. The molecule has 3 heterocycles. The number of fused-ring (bicyclic) bond motifs is 24. The normalized spacial score (nSPS) is 18.8. The van der Waals surface area contributed by atoms with Crippen LogP contribution in [-0.2, 0) is 0 Å². The Labute approximate surface area is 910 Å². The molecule has 0 fully saturated rings. The molecule has 0 bridgehead atoms. The summed E-state index contributed by atoms with van der Waals surface area (Å²) in [5.74, 6) is 0. The topological polar surface area (TPSA) is 39.4 Å². The average Bonchev–Trinajstić information content (AvgIpc) is 1.39. The molecule has 30 aromatic rings. The number of hydrogen-bond donors (Lipinski definition) is 0.